The molecule has 1 aliphatic carbocycles. The molecule has 15 heavy (non-hydrogen) atoms. The number of rotatable bonds is 0. The third-order valence-electron chi connectivity index (χ3n) is 2.50. The van der Waals surface area contributed by atoms with Crippen molar-refractivity contribution in [2.45, 2.75) is 25.7 Å². The summed E-state index contributed by atoms with van der Waals surface area (Å²) >= 11 is 0. The highest BCUT2D eigenvalue weighted by Crippen LogP contribution is 2.16. The first kappa shape index (κ1) is 9.86. The average Bonchev–Trinajstić information content (AvgIpc) is 2.28. The number of phenols is 1. The maximum absolute atomic E-state index is 9.27. The van der Waals surface area contributed by atoms with E-state index in [-0.39, 0.29) is 5.75 Å². The van der Waals surface area contributed by atoms with Gasteiger partial charge in [-0.25, -0.2) is 0 Å². The van der Waals surface area contributed by atoms with Crippen molar-refractivity contribution in [3.05, 3.63) is 41.5 Å². The summed E-state index contributed by atoms with van der Waals surface area (Å²) in [5, 5.41) is 9.27. The van der Waals surface area contributed by atoms with Gasteiger partial charge in [-0.05, 0) is 49.5 Å². The van der Waals surface area contributed by atoms with Crippen LogP contribution in [0.2, 0.25) is 0 Å². The van der Waals surface area contributed by atoms with E-state index in [0.29, 0.717) is 0 Å². The monoisotopic (exact) mass is 198 g/mol. The van der Waals surface area contributed by atoms with E-state index in [1.54, 1.807) is 12.1 Å². The summed E-state index contributed by atoms with van der Waals surface area (Å²) in [5.41, 5.74) is 2.12. The minimum atomic E-state index is 0.277. The lowest BCUT2D eigenvalue weighted by molar-refractivity contribution is 0.475. The van der Waals surface area contributed by atoms with Crippen molar-refractivity contribution in [2.24, 2.45) is 0 Å². The summed E-state index contributed by atoms with van der Waals surface area (Å²) in [6, 6.07) is 7.08. The largest absolute Gasteiger partial charge is 0.508 e. The molecule has 0 unspecified atom stereocenters. The maximum atomic E-state index is 9.27. The summed E-state index contributed by atoms with van der Waals surface area (Å²) in [5.74, 6) is 6.52. The maximum Gasteiger partial charge on any atom is 0.116 e. The molecule has 76 valence electrons. The normalized spacial score (nSPS) is 15.1. The summed E-state index contributed by atoms with van der Waals surface area (Å²) in [6.07, 6.45) is 7.02. The summed E-state index contributed by atoms with van der Waals surface area (Å²) in [6.45, 7) is 0. The SMILES string of the molecule is Oc1cccc(C#CC2=CCCCC2)c1. The highest BCUT2D eigenvalue weighted by molar-refractivity contribution is 5.43. The fraction of sp³-hybridized carbons (Fsp3) is 0.286. The molecule has 1 nitrogen and oxygen atoms in total. The Morgan fingerprint density at radius 1 is 1.13 bits per heavy atom. The molecule has 0 heterocycles. The van der Waals surface area contributed by atoms with Gasteiger partial charge in [0.05, 0.1) is 0 Å². The summed E-state index contributed by atoms with van der Waals surface area (Å²) in [7, 11) is 0. The van der Waals surface area contributed by atoms with Crippen molar-refractivity contribution in [3.8, 4) is 17.6 Å². The minimum Gasteiger partial charge on any atom is -0.508 e. The second-order valence-electron chi connectivity index (χ2n) is 3.78. The van der Waals surface area contributed by atoms with E-state index in [4.69, 9.17) is 0 Å². The standard InChI is InChI=1S/C14H14O/c15-14-8-4-7-13(11-14)10-9-12-5-2-1-3-6-12/h4-5,7-8,11,15H,1-3,6H2. The van der Waals surface area contributed by atoms with E-state index in [9.17, 15) is 5.11 Å². The zero-order valence-corrected chi connectivity index (χ0v) is 8.66. The third kappa shape index (κ3) is 2.89. The molecular formula is C14H14O. The predicted molar refractivity (Wildman–Crippen MR) is 61.5 cm³/mol. The molecule has 1 aromatic rings. The highest BCUT2D eigenvalue weighted by Gasteiger charge is 1.99. The van der Waals surface area contributed by atoms with Crippen LogP contribution in [0.25, 0.3) is 0 Å². The first-order valence-corrected chi connectivity index (χ1v) is 5.35. The number of aromatic hydroxyl groups is 1. The lowest BCUT2D eigenvalue weighted by Crippen LogP contribution is -1.88. The zero-order chi connectivity index (χ0) is 10.5. The molecule has 1 aliphatic rings. The zero-order valence-electron chi connectivity index (χ0n) is 8.66. The number of hydrogen-bond acceptors (Lipinski definition) is 1. The van der Waals surface area contributed by atoms with E-state index in [2.05, 4.69) is 17.9 Å². The number of phenolic OH excluding ortho intramolecular Hbond substituents is 1. The van der Waals surface area contributed by atoms with E-state index in [0.717, 1.165) is 18.4 Å². The second kappa shape index (κ2) is 4.70. The number of hydrogen-bond donors (Lipinski definition) is 1. The van der Waals surface area contributed by atoms with Gasteiger partial charge in [0.2, 0.25) is 0 Å². The Hall–Kier alpha value is -1.68. The van der Waals surface area contributed by atoms with Crippen LogP contribution >= 0.6 is 0 Å². The van der Waals surface area contributed by atoms with Crippen LogP contribution < -0.4 is 0 Å². The van der Waals surface area contributed by atoms with Crippen LogP contribution in [0.1, 0.15) is 31.2 Å². The molecule has 1 N–H and O–H groups in total. The predicted octanol–water partition coefficient (Wildman–Crippen LogP) is 3.24. The van der Waals surface area contributed by atoms with E-state index >= 15 is 0 Å². The van der Waals surface area contributed by atoms with Gasteiger partial charge in [0, 0.05) is 5.56 Å². The molecule has 0 saturated heterocycles. The molecule has 0 amide bonds. The topological polar surface area (TPSA) is 20.2 Å². The number of allylic oxidation sites excluding steroid dienone is 2. The Bertz CT molecular complexity index is 432. The molecule has 0 bridgehead atoms. The van der Waals surface area contributed by atoms with Gasteiger partial charge in [-0.2, -0.15) is 0 Å². The van der Waals surface area contributed by atoms with Gasteiger partial charge in [0.25, 0.3) is 0 Å². The molecule has 2 rings (SSSR count). The van der Waals surface area contributed by atoms with E-state index < -0.39 is 0 Å². The first-order chi connectivity index (χ1) is 7.34. The molecule has 0 radical (unpaired) electrons. The molecule has 1 aromatic carbocycles. The Kier molecular flexibility index (Phi) is 3.09. The highest BCUT2D eigenvalue weighted by atomic mass is 16.3. The van der Waals surface area contributed by atoms with Gasteiger partial charge in [0.1, 0.15) is 5.75 Å². The lowest BCUT2D eigenvalue weighted by atomic mass is 10.00. The Balaban J connectivity index is 2.14. The van der Waals surface area contributed by atoms with Crippen molar-refractivity contribution in [2.75, 3.05) is 0 Å². The van der Waals surface area contributed by atoms with Gasteiger partial charge < -0.3 is 5.11 Å². The quantitative estimate of drug-likeness (QED) is 0.634. The lowest BCUT2D eigenvalue weighted by Gasteiger charge is -2.05. The van der Waals surface area contributed by atoms with Crippen LogP contribution in [0.5, 0.6) is 5.75 Å². The number of benzene rings is 1. The van der Waals surface area contributed by atoms with Gasteiger partial charge in [-0.3, -0.25) is 0 Å². The van der Waals surface area contributed by atoms with E-state index in [1.807, 2.05) is 12.1 Å². The van der Waals surface area contributed by atoms with Crippen molar-refractivity contribution < 1.29 is 5.11 Å². The molecule has 0 saturated carbocycles. The van der Waals surface area contributed by atoms with Gasteiger partial charge in [0.15, 0.2) is 0 Å². The average molecular weight is 198 g/mol. The van der Waals surface area contributed by atoms with Crippen molar-refractivity contribution in [1.29, 1.82) is 0 Å². The Labute approximate surface area is 90.4 Å². The molecule has 0 aliphatic heterocycles. The van der Waals surface area contributed by atoms with Crippen molar-refractivity contribution >= 4 is 0 Å². The molecule has 0 fully saturated rings. The van der Waals surface area contributed by atoms with Crippen LogP contribution in [0.3, 0.4) is 0 Å². The molecule has 0 aromatic heterocycles. The molecule has 1 heteroatoms. The van der Waals surface area contributed by atoms with Gasteiger partial charge in [-0.15, -0.1) is 0 Å². The van der Waals surface area contributed by atoms with E-state index in [1.165, 1.54) is 18.4 Å². The van der Waals surface area contributed by atoms with Gasteiger partial charge in [-0.1, -0.05) is 24.0 Å². The van der Waals surface area contributed by atoms with Crippen LogP contribution in [0.4, 0.5) is 0 Å². The van der Waals surface area contributed by atoms with Crippen LogP contribution in [0.15, 0.2) is 35.9 Å². The fourth-order valence-corrected chi connectivity index (χ4v) is 1.69. The minimum absolute atomic E-state index is 0.277. The summed E-state index contributed by atoms with van der Waals surface area (Å²) in [4.78, 5) is 0. The van der Waals surface area contributed by atoms with Gasteiger partial charge >= 0.3 is 0 Å². The molecule has 0 atom stereocenters. The Morgan fingerprint density at radius 3 is 2.80 bits per heavy atom. The third-order valence-corrected chi connectivity index (χ3v) is 2.50. The van der Waals surface area contributed by atoms with Crippen LogP contribution in [-0.2, 0) is 0 Å². The fourth-order valence-electron chi connectivity index (χ4n) is 1.69. The first-order valence-electron chi connectivity index (χ1n) is 5.35. The second-order valence-corrected chi connectivity index (χ2v) is 3.78. The summed E-state index contributed by atoms with van der Waals surface area (Å²) < 4.78 is 0. The van der Waals surface area contributed by atoms with Crippen molar-refractivity contribution in [1.82, 2.24) is 0 Å². The smallest absolute Gasteiger partial charge is 0.116 e. The molecule has 0 spiro atoms. The van der Waals surface area contributed by atoms with Crippen LogP contribution in [-0.4, -0.2) is 5.11 Å². The van der Waals surface area contributed by atoms with Crippen LogP contribution in [0, 0.1) is 11.8 Å². The van der Waals surface area contributed by atoms with Crippen molar-refractivity contribution in [3.63, 3.8) is 0 Å². The molecular weight excluding hydrogens is 184 g/mol. The Morgan fingerprint density at radius 2 is 2.07 bits per heavy atom.